The number of hydrogen-bond donors (Lipinski definition) is 0. The summed E-state index contributed by atoms with van der Waals surface area (Å²) >= 11 is 0. The molecule has 0 aliphatic heterocycles. The van der Waals surface area contributed by atoms with Gasteiger partial charge < -0.3 is 9.47 Å². The highest BCUT2D eigenvalue weighted by Gasteiger charge is 2.21. The molecule has 1 fully saturated rings. The van der Waals surface area contributed by atoms with Gasteiger partial charge in [-0.2, -0.15) is 0 Å². The first-order valence-corrected chi connectivity index (χ1v) is 6.98. The summed E-state index contributed by atoms with van der Waals surface area (Å²) in [6, 6.07) is 7.29. The van der Waals surface area contributed by atoms with Gasteiger partial charge in [0.1, 0.15) is 12.4 Å². The van der Waals surface area contributed by atoms with E-state index in [2.05, 4.69) is 6.92 Å². The Kier molecular flexibility index (Phi) is 4.97. The summed E-state index contributed by atoms with van der Waals surface area (Å²) in [4.78, 5) is 12.1. The van der Waals surface area contributed by atoms with E-state index in [4.69, 9.17) is 9.47 Å². The van der Waals surface area contributed by atoms with Crippen LogP contribution in [0, 0.1) is 5.92 Å². The maximum absolute atomic E-state index is 12.1. The van der Waals surface area contributed by atoms with Gasteiger partial charge in [0.05, 0.1) is 18.8 Å². The van der Waals surface area contributed by atoms with E-state index in [1.807, 2.05) is 12.1 Å². The molecule has 0 heterocycles. The summed E-state index contributed by atoms with van der Waals surface area (Å²) in [6.45, 7) is 2.40. The molecule has 3 heteroatoms. The summed E-state index contributed by atoms with van der Waals surface area (Å²) < 4.78 is 11.0. The third kappa shape index (κ3) is 3.80. The molecule has 1 aliphatic carbocycles. The van der Waals surface area contributed by atoms with Gasteiger partial charge in [-0.25, -0.2) is 0 Å². The molecule has 1 aliphatic rings. The summed E-state index contributed by atoms with van der Waals surface area (Å²) in [7, 11) is 1.58. The van der Waals surface area contributed by atoms with Crippen molar-refractivity contribution >= 4 is 5.78 Å². The lowest BCUT2D eigenvalue weighted by Crippen LogP contribution is -2.24. The zero-order valence-corrected chi connectivity index (χ0v) is 11.7. The van der Waals surface area contributed by atoms with E-state index in [9.17, 15) is 4.79 Å². The predicted molar refractivity (Wildman–Crippen MR) is 74.7 cm³/mol. The van der Waals surface area contributed by atoms with Gasteiger partial charge in [-0.05, 0) is 30.9 Å². The third-order valence-corrected chi connectivity index (χ3v) is 3.75. The largest absolute Gasteiger partial charge is 0.496 e. The van der Waals surface area contributed by atoms with Crippen molar-refractivity contribution in [1.82, 2.24) is 0 Å². The lowest BCUT2D eigenvalue weighted by molar-refractivity contribution is 0.0181. The zero-order valence-electron chi connectivity index (χ0n) is 11.7. The van der Waals surface area contributed by atoms with Crippen molar-refractivity contribution in [3.8, 4) is 5.75 Å². The fourth-order valence-electron chi connectivity index (χ4n) is 2.68. The number of carbonyl (C=O) groups is 1. The Balaban J connectivity index is 1.90. The summed E-state index contributed by atoms with van der Waals surface area (Å²) in [5.41, 5.74) is 0.605. The molecule has 104 valence electrons. The fourth-order valence-corrected chi connectivity index (χ4v) is 2.68. The minimum atomic E-state index is -0.00400. The number of ether oxygens (including phenoxy) is 2. The Bertz CT molecular complexity index is 428. The van der Waals surface area contributed by atoms with Crippen molar-refractivity contribution in [2.45, 2.75) is 38.7 Å². The van der Waals surface area contributed by atoms with Crippen LogP contribution >= 0.6 is 0 Å². The van der Waals surface area contributed by atoms with Gasteiger partial charge in [0.25, 0.3) is 0 Å². The third-order valence-electron chi connectivity index (χ3n) is 3.75. The minimum absolute atomic E-state index is 0.00400. The highest BCUT2D eigenvalue weighted by molar-refractivity contribution is 5.99. The first-order valence-electron chi connectivity index (χ1n) is 6.98. The average Bonchev–Trinajstić information content (AvgIpc) is 2.45. The molecule has 3 nitrogen and oxygen atoms in total. The molecule has 0 aromatic heterocycles. The van der Waals surface area contributed by atoms with Gasteiger partial charge in [0.2, 0.25) is 0 Å². The maximum Gasteiger partial charge on any atom is 0.192 e. The van der Waals surface area contributed by atoms with Crippen molar-refractivity contribution < 1.29 is 14.3 Å². The van der Waals surface area contributed by atoms with Gasteiger partial charge in [-0.15, -0.1) is 0 Å². The molecule has 2 rings (SSSR count). The highest BCUT2D eigenvalue weighted by Crippen LogP contribution is 2.26. The van der Waals surface area contributed by atoms with Crippen molar-refractivity contribution in [1.29, 1.82) is 0 Å². The predicted octanol–water partition coefficient (Wildman–Crippen LogP) is 3.47. The van der Waals surface area contributed by atoms with Crippen LogP contribution in [0.5, 0.6) is 5.75 Å². The van der Waals surface area contributed by atoms with Crippen LogP contribution in [0.1, 0.15) is 43.0 Å². The van der Waals surface area contributed by atoms with E-state index in [0.29, 0.717) is 17.2 Å². The van der Waals surface area contributed by atoms with Crippen molar-refractivity contribution in [3.63, 3.8) is 0 Å². The SMILES string of the molecule is COc1ccccc1C(=O)COC1CCCC(C)C1. The Labute approximate surface area is 114 Å². The number of ketones is 1. The molecule has 2 atom stereocenters. The highest BCUT2D eigenvalue weighted by atomic mass is 16.5. The van der Waals surface area contributed by atoms with Gasteiger partial charge in [0, 0.05) is 0 Å². The number of rotatable bonds is 5. The standard InChI is InChI=1S/C16H22O3/c1-12-6-5-7-13(10-12)19-11-15(17)14-8-3-4-9-16(14)18-2/h3-4,8-9,12-13H,5-7,10-11H2,1-2H3. The number of Topliss-reactive ketones (excluding diaryl/α,β-unsaturated/α-hetero) is 1. The number of para-hydroxylation sites is 1. The Morgan fingerprint density at radius 1 is 1.32 bits per heavy atom. The maximum atomic E-state index is 12.1. The molecule has 0 amide bonds. The first kappa shape index (κ1) is 14.1. The van der Waals surface area contributed by atoms with Gasteiger partial charge in [0.15, 0.2) is 5.78 Å². The van der Waals surface area contributed by atoms with Crippen molar-refractivity contribution in [2.24, 2.45) is 5.92 Å². The van der Waals surface area contributed by atoms with Gasteiger partial charge in [-0.3, -0.25) is 4.79 Å². The first-order chi connectivity index (χ1) is 9.20. The number of methoxy groups -OCH3 is 1. The second-order valence-electron chi connectivity index (χ2n) is 5.33. The van der Waals surface area contributed by atoms with E-state index in [0.717, 1.165) is 12.8 Å². The molecule has 19 heavy (non-hydrogen) atoms. The molecule has 2 unspecified atom stereocenters. The average molecular weight is 262 g/mol. The monoisotopic (exact) mass is 262 g/mol. The summed E-state index contributed by atoms with van der Waals surface area (Å²) in [6.07, 6.45) is 4.86. The van der Waals surface area contributed by atoms with Crippen LogP contribution in [-0.4, -0.2) is 25.6 Å². The smallest absolute Gasteiger partial charge is 0.192 e. The number of carbonyl (C=O) groups excluding carboxylic acids is 1. The molecular formula is C16H22O3. The second kappa shape index (κ2) is 6.71. The minimum Gasteiger partial charge on any atom is -0.496 e. The lowest BCUT2D eigenvalue weighted by Gasteiger charge is -2.26. The molecule has 1 aromatic carbocycles. The van der Waals surface area contributed by atoms with Crippen LogP contribution in [0.25, 0.3) is 0 Å². The Morgan fingerprint density at radius 2 is 2.11 bits per heavy atom. The Morgan fingerprint density at radius 3 is 2.84 bits per heavy atom. The molecule has 0 saturated heterocycles. The zero-order chi connectivity index (χ0) is 13.7. The molecular weight excluding hydrogens is 240 g/mol. The molecule has 0 spiro atoms. The summed E-state index contributed by atoms with van der Waals surface area (Å²) in [5, 5.41) is 0. The number of hydrogen-bond acceptors (Lipinski definition) is 3. The van der Waals surface area contributed by atoms with Crippen molar-refractivity contribution in [2.75, 3.05) is 13.7 Å². The Hall–Kier alpha value is -1.35. The molecule has 0 bridgehead atoms. The van der Waals surface area contributed by atoms with Gasteiger partial charge >= 0.3 is 0 Å². The normalized spacial score (nSPS) is 23.1. The van der Waals surface area contributed by atoms with Crippen LogP contribution in [0.3, 0.4) is 0 Å². The lowest BCUT2D eigenvalue weighted by atomic mass is 9.89. The van der Waals surface area contributed by atoms with E-state index < -0.39 is 0 Å². The second-order valence-corrected chi connectivity index (χ2v) is 5.33. The van der Waals surface area contributed by atoms with E-state index >= 15 is 0 Å². The van der Waals surface area contributed by atoms with Gasteiger partial charge in [-0.1, -0.05) is 31.9 Å². The molecule has 0 N–H and O–H groups in total. The van der Waals surface area contributed by atoms with Crippen LogP contribution in [0.2, 0.25) is 0 Å². The quantitative estimate of drug-likeness (QED) is 0.762. The molecule has 1 saturated carbocycles. The topological polar surface area (TPSA) is 35.5 Å². The number of benzene rings is 1. The fraction of sp³-hybridized carbons (Fsp3) is 0.562. The molecule has 1 aromatic rings. The van der Waals surface area contributed by atoms with E-state index in [1.54, 1.807) is 19.2 Å². The van der Waals surface area contributed by atoms with E-state index in [1.165, 1.54) is 12.8 Å². The van der Waals surface area contributed by atoms with Crippen LogP contribution in [-0.2, 0) is 4.74 Å². The van der Waals surface area contributed by atoms with Crippen LogP contribution in [0.4, 0.5) is 0 Å². The van der Waals surface area contributed by atoms with E-state index in [-0.39, 0.29) is 18.5 Å². The molecule has 0 radical (unpaired) electrons. The van der Waals surface area contributed by atoms with Crippen LogP contribution < -0.4 is 4.74 Å². The van der Waals surface area contributed by atoms with Crippen LogP contribution in [0.15, 0.2) is 24.3 Å². The summed E-state index contributed by atoms with van der Waals surface area (Å²) in [5.74, 6) is 1.32. The van der Waals surface area contributed by atoms with Crippen molar-refractivity contribution in [3.05, 3.63) is 29.8 Å².